The number of aliphatic hydroxyl groups is 1. The molecule has 1 heterocycles. The standard InChI is InChI=1S/C12H20N2O5.2C2H6/c1-8(12(17)13-2)5-14(7-15)11-4-9(16)10(19-11)6-18-3;2*1-2/h5,7,9-11,16H,4,6H2,1-3H3,(H,13,17);2*1-2H3/b8-5-;;. The Morgan fingerprint density at radius 3 is 2.39 bits per heavy atom. The topological polar surface area (TPSA) is 88.1 Å². The second kappa shape index (κ2) is 14.2. The largest absolute Gasteiger partial charge is 0.390 e. The van der Waals surface area contributed by atoms with Crippen LogP contribution < -0.4 is 5.32 Å². The molecule has 0 aromatic carbocycles. The van der Waals surface area contributed by atoms with Crippen molar-refractivity contribution in [2.24, 2.45) is 0 Å². The fourth-order valence-electron chi connectivity index (χ4n) is 1.87. The summed E-state index contributed by atoms with van der Waals surface area (Å²) >= 11 is 0. The monoisotopic (exact) mass is 332 g/mol. The van der Waals surface area contributed by atoms with Gasteiger partial charge in [0.25, 0.3) is 0 Å². The van der Waals surface area contributed by atoms with Gasteiger partial charge in [-0.1, -0.05) is 27.7 Å². The van der Waals surface area contributed by atoms with Crippen LogP contribution in [-0.2, 0) is 19.1 Å². The maximum atomic E-state index is 11.4. The zero-order chi connectivity index (χ0) is 18.4. The lowest BCUT2D eigenvalue weighted by Gasteiger charge is -2.21. The van der Waals surface area contributed by atoms with E-state index in [0.717, 1.165) is 0 Å². The van der Waals surface area contributed by atoms with Crippen LogP contribution in [0.3, 0.4) is 0 Å². The summed E-state index contributed by atoms with van der Waals surface area (Å²) in [5, 5.41) is 12.2. The highest BCUT2D eigenvalue weighted by atomic mass is 16.6. The minimum Gasteiger partial charge on any atom is -0.390 e. The van der Waals surface area contributed by atoms with Crippen LogP contribution in [0.2, 0.25) is 0 Å². The van der Waals surface area contributed by atoms with Gasteiger partial charge in [-0.2, -0.15) is 0 Å². The van der Waals surface area contributed by atoms with E-state index in [1.807, 2.05) is 27.7 Å². The zero-order valence-corrected chi connectivity index (χ0v) is 15.3. The van der Waals surface area contributed by atoms with E-state index >= 15 is 0 Å². The molecule has 0 radical (unpaired) electrons. The molecular weight excluding hydrogens is 300 g/mol. The van der Waals surface area contributed by atoms with Gasteiger partial charge in [-0.15, -0.1) is 0 Å². The van der Waals surface area contributed by atoms with Crippen molar-refractivity contribution in [3.63, 3.8) is 0 Å². The Kier molecular flexibility index (Phi) is 14.7. The number of methoxy groups -OCH3 is 1. The van der Waals surface area contributed by atoms with Gasteiger partial charge in [0.05, 0.1) is 12.7 Å². The number of ether oxygens (including phenoxy) is 2. The van der Waals surface area contributed by atoms with E-state index < -0.39 is 18.4 Å². The van der Waals surface area contributed by atoms with Gasteiger partial charge in [-0.05, 0) is 6.92 Å². The van der Waals surface area contributed by atoms with Crippen LogP contribution in [0.15, 0.2) is 11.8 Å². The van der Waals surface area contributed by atoms with Gasteiger partial charge in [-0.25, -0.2) is 0 Å². The third kappa shape index (κ3) is 8.11. The van der Waals surface area contributed by atoms with E-state index in [1.165, 1.54) is 25.3 Å². The van der Waals surface area contributed by atoms with E-state index in [2.05, 4.69) is 5.32 Å². The molecule has 23 heavy (non-hydrogen) atoms. The van der Waals surface area contributed by atoms with Crippen LogP contribution in [0.4, 0.5) is 0 Å². The van der Waals surface area contributed by atoms with Gasteiger partial charge >= 0.3 is 0 Å². The number of likely N-dealkylation sites (N-methyl/N-ethyl adjacent to an activating group) is 1. The van der Waals surface area contributed by atoms with E-state index in [9.17, 15) is 14.7 Å². The van der Waals surface area contributed by atoms with Gasteiger partial charge in [0.15, 0.2) is 0 Å². The molecule has 2 N–H and O–H groups in total. The maximum absolute atomic E-state index is 11.4. The predicted octanol–water partition coefficient (Wildman–Crippen LogP) is 1.27. The van der Waals surface area contributed by atoms with Gasteiger partial charge in [0.2, 0.25) is 12.3 Å². The Bertz CT molecular complexity index is 360. The van der Waals surface area contributed by atoms with Gasteiger partial charge in [0.1, 0.15) is 12.3 Å². The highest BCUT2D eigenvalue weighted by molar-refractivity contribution is 5.92. The fourth-order valence-corrected chi connectivity index (χ4v) is 1.87. The molecule has 2 amide bonds. The molecule has 1 rings (SSSR count). The van der Waals surface area contributed by atoms with Crippen molar-refractivity contribution < 1.29 is 24.2 Å². The van der Waals surface area contributed by atoms with Crippen molar-refractivity contribution in [2.45, 2.75) is 59.5 Å². The summed E-state index contributed by atoms with van der Waals surface area (Å²) < 4.78 is 10.4. The molecule has 0 aromatic rings. The first-order chi connectivity index (χ1) is 11.0. The molecule has 0 aliphatic carbocycles. The number of hydrogen-bond donors (Lipinski definition) is 2. The van der Waals surface area contributed by atoms with Crippen molar-refractivity contribution in [1.29, 1.82) is 0 Å². The Hall–Kier alpha value is -1.44. The Morgan fingerprint density at radius 2 is 1.96 bits per heavy atom. The van der Waals surface area contributed by atoms with E-state index in [4.69, 9.17) is 9.47 Å². The summed E-state index contributed by atoms with van der Waals surface area (Å²) in [6, 6.07) is 0. The molecule has 1 aliphatic rings. The zero-order valence-electron chi connectivity index (χ0n) is 15.3. The number of nitrogens with one attached hydrogen (secondary N) is 1. The third-order valence-electron chi connectivity index (χ3n) is 2.92. The number of aliphatic hydroxyl groups excluding tert-OH is 1. The molecule has 0 spiro atoms. The number of amides is 2. The summed E-state index contributed by atoms with van der Waals surface area (Å²) in [7, 11) is 3.02. The van der Waals surface area contributed by atoms with Crippen molar-refractivity contribution in [3.05, 3.63) is 11.8 Å². The summed E-state index contributed by atoms with van der Waals surface area (Å²) in [6.45, 7) is 9.84. The molecule has 0 saturated carbocycles. The Balaban J connectivity index is 0. The lowest BCUT2D eigenvalue weighted by Crippen LogP contribution is -2.32. The SMILES string of the molecule is CC.CC.CNC(=O)/C(C)=C\N(C=O)C1CC(O)C(COC)O1. The number of nitrogens with zero attached hydrogens (tertiary/aromatic N) is 1. The highest BCUT2D eigenvalue weighted by Gasteiger charge is 2.36. The lowest BCUT2D eigenvalue weighted by molar-refractivity contribution is -0.128. The highest BCUT2D eigenvalue weighted by Crippen LogP contribution is 2.23. The predicted molar refractivity (Wildman–Crippen MR) is 89.6 cm³/mol. The quantitative estimate of drug-likeness (QED) is 0.565. The molecule has 1 saturated heterocycles. The first-order valence-corrected chi connectivity index (χ1v) is 7.99. The van der Waals surface area contributed by atoms with Gasteiger partial charge in [0, 0.05) is 32.4 Å². The Morgan fingerprint density at radius 1 is 1.39 bits per heavy atom. The van der Waals surface area contributed by atoms with E-state index in [-0.39, 0.29) is 18.9 Å². The minimum absolute atomic E-state index is 0.252. The summed E-state index contributed by atoms with van der Waals surface area (Å²) in [5.41, 5.74) is 0.378. The summed E-state index contributed by atoms with van der Waals surface area (Å²) in [6.07, 6.45) is 0.501. The second-order valence-electron chi connectivity index (χ2n) is 4.33. The number of rotatable bonds is 6. The minimum atomic E-state index is -0.693. The van der Waals surface area contributed by atoms with Crippen LogP contribution in [0, 0.1) is 0 Å². The summed E-state index contributed by atoms with van der Waals surface area (Å²) in [5.74, 6) is -0.279. The maximum Gasteiger partial charge on any atom is 0.248 e. The van der Waals surface area contributed by atoms with Gasteiger partial charge in [-0.3, -0.25) is 14.5 Å². The molecule has 1 aliphatic heterocycles. The second-order valence-corrected chi connectivity index (χ2v) is 4.33. The molecule has 136 valence electrons. The summed E-state index contributed by atoms with van der Waals surface area (Å²) in [4.78, 5) is 23.7. The molecule has 1 fully saturated rings. The smallest absolute Gasteiger partial charge is 0.248 e. The molecule has 0 aromatic heterocycles. The molecule has 7 heteroatoms. The van der Waals surface area contributed by atoms with E-state index in [0.29, 0.717) is 12.0 Å². The van der Waals surface area contributed by atoms with Crippen molar-refractivity contribution in [1.82, 2.24) is 10.2 Å². The average Bonchev–Trinajstić information content (AvgIpc) is 2.96. The molecule has 7 nitrogen and oxygen atoms in total. The molecule has 3 atom stereocenters. The average molecular weight is 332 g/mol. The Labute approximate surface area is 139 Å². The number of carbonyl (C=O) groups is 2. The lowest BCUT2D eigenvalue weighted by atomic mass is 10.2. The van der Waals surface area contributed by atoms with Crippen molar-refractivity contribution in [2.75, 3.05) is 20.8 Å². The first kappa shape index (κ1) is 23.8. The third-order valence-corrected chi connectivity index (χ3v) is 2.92. The van der Waals surface area contributed by atoms with Crippen LogP contribution in [-0.4, -0.2) is 61.5 Å². The van der Waals surface area contributed by atoms with Gasteiger partial charge < -0.3 is 19.9 Å². The van der Waals surface area contributed by atoms with Crippen LogP contribution in [0.1, 0.15) is 41.0 Å². The molecular formula is C16H32N2O5. The van der Waals surface area contributed by atoms with Crippen LogP contribution in [0.25, 0.3) is 0 Å². The van der Waals surface area contributed by atoms with E-state index in [1.54, 1.807) is 6.92 Å². The first-order valence-electron chi connectivity index (χ1n) is 7.99. The normalized spacial score (nSPS) is 23.0. The molecule has 3 unspecified atom stereocenters. The fraction of sp³-hybridized carbons (Fsp3) is 0.750. The van der Waals surface area contributed by atoms with Crippen LogP contribution >= 0.6 is 0 Å². The van der Waals surface area contributed by atoms with Crippen molar-refractivity contribution >= 4 is 12.3 Å². The van der Waals surface area contributed by atoms with Crippen LogP contribution in [0.5, 0.6) is 0 Å². The number of carbonyl (C=O) groups excluding carboxylic acids is 2. The van der Waals surface area contributed by atoms with Crippen molar-refractivity contribution in [3.8, 4) is 0 Å². The number of hydrogen-bond acceptors (Lipinski definition) is 5. The molecule has 0 bridgehead atoms.